The summed E-state index contributed by atoms with van der Waals surface area (Å²) in [6, 6.07) is 0. The predicted molar refractivity (Wildman–Crippen MR) is 242 cm³/mol. The van der Waals surface area contributed by atoms with Crippen LogP contribution in [0.15, 0.2) is 109 Å². The Labute approximate surface area is 349 Å². The third-order valence-electron chi connectivity index (χ3n) is 9.00. The van der Waals surface area contributed by atoms with E-state index in [9.17, 15) is 14.4 Å². The highest BCUT2D eigenvalue weighted by atomic mass is 16.6. The van der Waals surface area contributed by atoms with Gasteiger partial charge in [0, 0.05) is 19.3 Å². The number of ether oxygens (including phenoxy) is 3. The Hall–Kier alpha value is -3.93. The van der Waals surface area contributed by atoms with Gasteiger partial charge in [0.2, 0.25) is 0 Å². The first-order chi connectivity index (χ1) is 28.0. The zero-order valence-corrected chi connectivity index (χ0v) is 36.3. The molecule has 0 aliphatic heterocycles. The Morgan fingerprint density at radius 3 is 1.09 bits per heavy atom. The van der Waals surface area contributed by atoms with Crippen molar-refractivity contribution in [2.75, 3.05) is 13.2 Å². The van der Waals surface area contributed by atoms with E-state index in [0.717, 1.165) is 96.3 Å². The zero-order valence-electron chi connectivity index (χ0n) is 36.3. The summed E-state index contributed by atoms with van der Waals surface area (Å²) >= 11 is 0. The van der Waals surface area contributed by atoms with Crippen LogP contribution in [0.5, 0.6) is 0 Å². The fourth-order valence-electron chi connectivity index (χ4n) is 5.65. The van der Waals surface area contributed by atoms with E-state index in [4.69, 9.17) is 14.2 Å². The maximum absolute atomic E-state index is 12.7. The lowest BCUT2D eigenvalue weighted by Crippen LogP contribution is -2.30. The van der Waals surface area contributed by atoms with Crippen LogP contribution in [0, 0.1) is 0 Å². The molecule has 0 fully saturated rings. The molecule has 320 valence electrons. The molecule has 6 nitrogen and oxygen atoms in total. The van der Waals surface area contributed by atoms with Gasteiger partial charge in [0.15, 0.2) is 6.10 Å². The summed E-state index contributed by atoms with van der Waals surface area (Å²) in [5.74, 6) is -0.985. The van der Waals surface area contributed by atoms with Crippen molar-refractivity contribution in [3.05, 3.63) is 109 Å². The first-order valence-corrected chi connectivity index (χ1v) is 22.5. The smallest absolute Gasteiger partial charge is 0.306 e. The highest BCUT2D eigenvalue weighted by Gasteiger charge is 2.19. The minimum Gasteiger partial charge on any atom is -0.462 e. The second kappa shape index (κ2) is 44.8. The molecule has 57 heavy (non-hydrogen) atoms. The summed E-state index contributed by atoms with van der Waals surface area (Å²) in [5, 5.41) is 0. The van der Waals surface area contributed by atoms with Gasteiger partial charge in [-0.25, -0.2) is 0 Å². The van der Waals surface area contributed by atoms with Crippen molar-refractivity contribution in [2.24, 2.45) is 0 Å². The van der Waals surface area contributed by atoms with Gasteiger partial charge in [-0.2, -0.15) is 0 Å². The van der Waals surface area contributed by atoms with Crippen molar-refractivity contribution >= 4 is 17.9 Å². The fraction of sp³-hybridized carbons (Fsp3) is 0.588. The molecule has 0 radical (unpaired) electrons. The van der Waals surface area contributed by atoms with Crippen LogP contribution in [-0.2, 0) is 28.6 Å². The number of hydrogen-bond donors (Lipinski definition) is 0. The molecule has 0 aliphatic carbocycles. The molecule has 0 aromatic heterocycles. The lowest BCUT2D eigenvalue weighted by Gasteiger charge is -2.18. The summed E-state index contributed by atoms with van der Waals surface area (Å²) in [7, 11) is 0. The number of esters is 3. The van der Waals surface area contributed by atoms with Crippen LogP contribution in [0.1, 0.15) is 175 Å². The molecule has 0 aromatic carbocycles. The molecule has 0 saturated carbocycles. The molecule has 1 unspecified atom stereocenters. The highest BCUT2D eigenvalue weighted by molar-refractivity contribution is 5.71. The van der Waals surface area contributed by atoms with Crippen LogP contribution >= 0.6 is 0 Å². The molecular formula is C51H80O6. The Bertz CT molecular complexity index is 1230. The van der Waals surface area contributed by atoms with Crippen molar-refractivity contribution in [3.63, 3.8) is 0 Å². The molecule has 0 aromatic rings. The summed E-state index contributed by atoms with van der Waals surface area (Å²) < 4.78 is 16.6. The largest absolute Gasteiger partial charge is 0.462 e. The van der Waals surface area contributed by atoms with Crippen LogP contribution in [0.2, 0.25) is 0 Å². The van der Waals surface area contributed by atoms with E-state index >= 15 is 0 Å². The Balaban J connectivity index is 4.52. The first kappa shape index (κ1) is 53.1. The summed E-state index contributed by atoms with van der Waals surface area (Å²) in [6.45, 7) is 6.24. The molecule has 6 heteroatoms. The van der Waals surface area contributed by atoms with E-state index in [1.54, 1.807) is 0 Å². The van der Waals surface area contributed by atoms with E-state index in [0.29, 0.717) is 12.8 Å². The minimum absolute atomic E-state index is 0.103. The second-order valence-electron chi connectivity index (χ2n) is 14.4. The molecule has 0 saturated heterocycles. The van der Waals surface area contributed by atoms with Crippen LogP contribution in [0.25, 0.3) is 0 Å². The quantitative estimate of drug-likeness (QED) is 0.0268. The second-order valence-corrected chi connectivity index (χ2v) is 14.4. The maximum atomic E-state index is 12.7. The van der Waals surface area contributed by atoms with Crippen molar-refractivity contribution in [3.8, 4) is 0 Å². The summed E-state index contributed by atoms with van der Waals surface area (Å²) in [6.07, 6.45) is 59.2. The van der Waals surface area contributed by atoms with Crippen LogP contribution in [-0.4, -0.2) is 37.2 Å². The number of carbonyl (C=O) groups is 3. The molecule has 0 rings (SSSR count). The SMILES string of the molecule is CC\C=C/C=C\C=C/C=C\C=C/CCCCCC(=O)OCC(COC(=O)CCCCCCCCCCC)OC(=O)CCCCCCC\C=C/C=C\C=C/C=C\CC. The van der Waals surface area contributed by atoms with Gasteiger partial charge in [0.25, 0.3) is 0 Å². The minimum atomic E-state index is -0.806. The van der Waals surface area contributed by atoms with Gasteiger partial charge >= 0.3 is 17.9 Å². The standard InChI is InChI=1S/C51H80O6/c1-4-7-10-13-16-19-21-23-25-27-29-32-35-38-41-44-50(53)56-47-48(46-55-49(52)43-40-37-34-31-18-15-12-9-6-3)57-51(54)45-42-39-36-33-30-28-26-24-22-20-17-14-11-8-5-2/h7-8,10-11,13-14,16-17,19-27,29,48H,4-6,9,12,15,18,28,30-47H2,1-3H3/b10-7-,11-8-,16-13-,17-14-,21-19-,22-20-,25-23-,26-24-,29-27-. The average molecular weight is 789 g/mol. The Kier molecular flexibility index (Phi) is 41.7. The molecule has 0 N–H and O–H groups in total. The van der Waals surface area contributed by atoms with E-state index < -0.39 is 6.10 Å². The molecule has 0 amide bonds. The topological polar surface area (TPSA) is 78.9 Å². The van der Waals surface area contributed by atoms with Gasteiger partial charge in [-0.3, -0.25) is 14.4 Å². The van der Waals surface area contributed by atoms with Crippen LogP contribution in [0.3, 0.4) is 0 Å². The maximum Gasteiger partial charge on any atom is 0.306 e. The zero-order chi connectivity index (χ0) is 41.5. The van der Waals surface area contributed by atoms with Crippen LogP contribution < -0.4 is 0 Å². The average Bonchev–Trinajstić information content (AvgIpc) is 3.21. The summed E-state index contributed by atoms with van der Waals surface area (Å²) in [5.41, 5.74) is 0. The van der Waals surface area contributed by atoms with E-state index in [2.05, 4.69) is 57.2 Å². The number of rotatable bonds is 38. The van der Waals surface area contributed by atoms with Gasteiger partial charge in [-0.05, 0) is 57.8 Å². The van der Waals surface area contributed by atoms with E-state index in [1.165, 1.54) is 38.5 Å². The lowest BCUT2D eigenvalue weighted by molar-refractivity contribution is -0.167. The molecule has 0 spiro atoms. The predicted octanol–water partition coefficient (Wildman–Crippen LogP) is 14.4. The molecule has 0 aliphatic rings. The van der Waals surface area contributed by atoms with E-state index in [1.807, 2.05) is 72.9 Å². The van der Waals surface area contributed by atoms with E-state index in [-0.39, 0.29) is 37.5 Å². The Morgan fingerprint density at radius 2 is 0.684 bits per heavy atom. The third-order valence-corrected chi connectivity index (χ3v) is 9.00. The Morgan fingerprint density at radius 1 is 0.368 bits per heavy atom. The van der Waals surface area contributed by atoms with Gasteiger partial charge in [0.1, 0.15) is 13.2 Å². The van der Waals surface area contributed by atoms with Crippen molar-refractivity contribution in [2.45, 2.75) is 181 Å². The molecule has 0 bridgehead atoms. The summed E-state index contributed by atoms with van der Waals surface area (Å²) in [4.78, 5) is 37.7. The normalized spacial score (nSPS) is 13.1. The monoisotopic (exact) mass is 789 g/mol. The number of carbonyl (C=O) groups excluding carboxylic acids is 3. The highest BCUT2D eigenvalue weighted by Crippen LogP contribution is 2.13. The fourth-order valence-corrected chi connectivity index (χ4v) is 5.65. The van der Waals surface area contributed by atoms with Crippen molar-refractivity contribution in [1.29, 1.82) is 0 Å². The van der Waals surface area contributed by atoms with Crippen LogP contribution in [0.4, 0.5) is 0 Å². The van der Waals surface area contributed by atoms with Gasteiger partial charge in [-0.15, -0.1) is 0 Å². The number of unbranched alkanes of at least 4 members (excludes halogenated alkanes) is 16. The number of hydrogen-bond acceptors (Lipinski definition) is 6. The van der Waals surface area contributed by atoms with Crippen molar-refractivity contribution in [1.82, 2.24) is 0 Å². The van der Waals surface area contributed by atoms with Gasteiger partial charge in [-0.1, -0.05) is 207 Å². The van der Waals surface area contributed by atoms with Gasteiger partial charge in [0.05, 0.1) is 0 Å². The number of allylic oxidation sites excluding steroid dienone is 18. The molecule has 1 atom stereocenters. The van der Waals surface area contributed by atoms with Crippen molar-refractivity contribution < 1.29 is 28.6 Å². The molecule has 0 heterocycles. The lowest BCUT2D eigenvalue weighted by atomic mass is 10.1. The third kappa shape index (κ3) is 43.0. The molecular weight excluding hydrogens is 709 g/mol. The first-order valence-electron chi connectivity index (χ1n) is 22.5. The van der Waals surface area contributed by atoms with Gasteiger partial charge < -0.3 is 14.2 Å².